The van der Waals surface area contributed by atoms with Gasteiger partial charge < -0.3 is 4.57 Å². The van der Waals surface area contributed by atoms with Gasteiger partial charge in [-0.05, 0) is 73.2 Å². The average Bonchev–Trinajstić information content (AvgIpc) is 3.98. The lowest BCUT2D eigenvalue weighted by Gasteiger charge is -2.13. The molecule has 0 spiro atoms. The predicted octanol–water partition coefficient (Wildman–Crippen LogP) is 13.2. The van der Waals surface area contributed by atoms with Gasteiger partial charge in [0.1, 0.15) is 11.3 Å². The van der Waals surface area contributed by atoms with Crippen LogP contribution < -0.4 is 0 Å². The molecule has 0 aliphatic heterocycles. The number of rotatable bonds is 7. The largest absolute Gasteiger partial charge is 0.309 e. The molecular weight excluding hydrogens is 759 g/mol. The van der Waals surface area contributed by atoms with E-state index in [1.165, 1.54) is 5.39 Å². The summed E-state index contributed by atoms with van der Waals surface area (Å²) >= 11 is 0. The maximum atomic E-state index is 5.51. The Morgan fingerprint density at radius 3 is 1.44 bits per heavy atom. The summed E-state index contributed by atoms with van der Waals surface area (Å²) < 4.78 is 7.03. The topological polar surface area (TPSA) is 66.3 Å². The highest BCUT2D eigenvalue weighted by Gasteiger charge is 2.25. The van der Waals surface area contributed by atoms with Crippen molar-refractivity contribution in [3.63, 3.8) is 0 Å². The van der Waals surface area contributed by atoms with Gasteiger partial charge in [-0.2, -0.15) is 0 Å². The summed E-state index contributed by atoms with van der Waals surface area (Å²) in [6, 6.07) is 72.0. The maximum Gasteiger partial charge on any atom is 0.165 e. The molecule has 0 saturated carbocycles. The summed E-state index contributed by atoms with van der Waals surface area (Å²) in [5, 5.41) is 3.44. The fraction of sp³-hybridized carbons (Fsp3) is 0.0182. The van der Waals surface area contributed by atoms with Gasteiger partial charge in [-0.1, -0.05) is 146 Å². The van der Waals surface area contributed by atoms with E-state index in [2.05, 4.69) is 166 Å². The van der Waals surface area contributed by atoms with E-state index >= 15 is 0 Å². The molecule has 12 rings (SSSR count). The van der Waals surface area contributed by atoms with Gasteiger partial charge in [-0.25, -0.2) is 19.9 Å². The number of para-hydroxylation sites is 3. The van der Waals surface area contributed by atoms with Crippen molar-refractivity contribution in [2.24, 2.45) is 0 Å². The lowest BCUT2D eigenvalue weighted by Crippen LogP contribution is -2.02. The van der Waals surface area contributed by atoms with Gasteiger partial charge in [0.15, 0.2) is 23.1 Å². The van der Waals surface area contributed by atoms with Crippen molar-refractivity contribution in [1.82, 2.24) is 33.6 Å². The number of benzene rings is 8. The van der Waals surface area contributed by atoms with Crippen molar-refractivity contribution in [3.8, 4) is 62.6 Å². The summed E-state index contributed by atoms with van der Waals surface area (Å²) in [6.45, 7) is 2.14. The monoisotopic (exact) mass is 795 g/mol. The lowest BCUT2D eigenvalue weighted by atomic mass is 10.1. The van der Waals surface area contributed by atoms with E-state index in [0.29, 0.717) is 17.5 Å². The fourth-order valence-corrected chi connectivity index (χ4v) is 8.98. The molecule has 0 N–H and O–H groups in total. The number of hydrogen-bond donors (Lipinski definition) is 0. The van der Waals surface area contributed by atoms with Gasteiger partial charge in [-0.3, -0.25) is 9.13 Å². The summed E-state index contributed by atoms with van der Waals surface area (Å²) in [7, 11) is 0. The van der Waals surface area contributed by atoms with E-state index in [1.54, 1.807) is 0 Å². The molecule has 4 heterocycles. The van der Waals surface area contributed by atoms with Crippen molar-refractivity contribution < 1.29 is 0 Å². The molecule has 0 aliphatic carbocycles. The van der Waals surface area contributed by atoms with Crippen LogP contribution in [0.25, 0.3) is 106 Å². The Balaban J connectivity index is 1.14. The molecule has 62 heavy (non-hydrogen) atoms. The summed E-state index contributed by atoms with van der Waals surface area (Å²) in [4.78, 5) is 20.7. The van der Waals surface area contributed by atoms with Crippen LogP contribution in [-0.4, -0.2) is 33.6 Å². The normalized spacial score (nSPS) is 11.6. The molecule has 7 nitrogen and oxygen atoms in total. The van der Waals surface area contributed by atoms with Crippen LogP contribution >= 0.6 is 0 Å². The standard InChI is InChI=1S/C55H37N7/c1-36-31-40(53-57-51(37-19-7-2-8-20-37)56-52(58-53)38-21-9-3-10-22-38)33-43(32-36)60-47-30-18-17-29-44(47)45-34-46-49(35-48(45)60)61(41-25-13-5-14-26-41)55-50(46)62(42-27-15-6-16-28-42)54(59-55)39-23-11-4-12-24-39/h2-35H,1H3. The van der Waals surface area contributed by atoms with Crippen LogP contribution in [0.1, 0.15) is 5.56 Å². The Morgan fingerprint density at radius 2 is 0.823 bits per heavy atom. The molecule has 0 atom stereocenters. The zero-order valence-corrected chi connectivity index (χ0v) is 33.8. The molecule has 8 aromatic carbocycles. The Labute approximate surface area is 357 Å². The molecule has 7 heteroatoms. The van der Waals surface area contributed by atoms with Crippen LogP contribution in [0.3, 0.4) is 0 Å². The molecule has 0 aliphatic rings. The molecule has 0 fully saturated rings. The van der Waals surface area contributed by atoms with E-state index in [1.807, 2.05) is 60.7 Å². The molecule has 0 radical (unpaired) electrons. The van der Waals surface area contributed by atoms with Crippen LogP contribution in [-0.2, 0) is 0 Å². The summed E-state index contributed by atoms with van der Waals surface area (Å²) in [5.74, 6) is 2.78. The van der Waals surface area contributed by atoms with Gasteiger partial charge in [0.25, 0.3) is 0 Å². The molecule has 4 aromatic heterocycles. The zero-order chi connectivity index (χ0) is 41.1. The number of hydrogen-bond acceptors (Lipinski definition) is 4. The van der Waals surface area contributed by atoms with Crippen molar-refractivity contribution >= 4 is 43.9 Å². The molecule has 0 amide bonds. The third kappa shape index (κ3) is 5.82. The van der Waals surface area contributed by atoms with Crippen LogP contribution in [0.5, 0.6) is 0 Å². The average molecular weight is 796 g/mol. The van der Waals surface area contributed by atoms with Crippen molar-refractivity contribution in [2.75, 3.05) is 0 Å². The maximum absolute atomic E-state index is 5.51. The second-order valence-electron chi connectivity index (χ2n) is 15.7. The second kappa shape index (κ2) is 14.4. The predicted molar refractivity (Wildman–Crippen MR) is 252 cm³/mol. The Morgan fingerprint density at radius 1 is 0.323 bits per heavy atom. The second-order valence-corrected chi connectivity index (χ2v) is 15.7. The molecular formula is C55H37N7. The van der Waals surface area contributed by atoms with Crippen molar-refractivity contribution in [3.05, 3.63) is 212 Å². The van der Waals surface area contributed by atoms with Crippen LogP contribution in [0.4, 0.5) is 0 Å². The van der Waals surface area contributed by atoms with E-state index in [9.17, 15) is 0 Å². The summed E-state index contributed by atoms with van der Waals surface area (Å²) in [6.07, 6.45) is 0. The number of aryl methyl sites for hydroxylation is 1. The quantitative estimate of drug-likeness (QED) is 0.161. The number of aromatic nitrogens is 7. The fourth-order valence-electron chi connectivity index (χ4n) is 8.98. The van der Waals surface area contributed by atoms with E-state index in [0.717, 1.165) is 89.2 Å². The van der Waals surface area contributed by atoms with Gasteiger partial charge in [-0.15, -0.1) is 0 Å². The molecule has 0 bridgehead atoms. The van der Waals surface area contributed by atoms with E-state index < -0.39 is 0 Å². The highest BCUT2D eigenvalue weighted by Crippen LogP contribution is 2.42. The number of imidazole rings is 1. The molecule has 0 unspecified atom stereocenters. The SMILES string of the molecule is Cc1cc(-c2nc(-c3ccccc3)nc(-c3ccccc3)n2)cc(-n2c3ccccc3c3cc4c5c(nc(-c6ccccc6)n5-c5ccccc5)n(-c5ccccc5)c4cc32)c1. The Bertz CT molecular complexity index is 3550. The van der Waals surface area contributed by atoms with Crippen molar-refractivity contribution in [1.29, 1.82) is 0 Å². The molecule has 0 saturated heterocycles. The highest BCUT2D eigenvalue weighted by atomic mass is 15.2. The third-order valence-electron chi connectivity index (χ3n) is 11.7. The highest BCUT2D eigenvalue weighted by molar-refractivity contribution is 6.18. The van der Waals surface area contributed by atoms with Crippen LogP contribution in [0, 0.1) is 6.92 Å². The third-order valence-corrected chi connectivity index (χ3v) is 11.7. The minimum Gasteiger partial charge on any atom is -0.309 e. The Kier molecular flexibility index (Phi) is 8.25. The van der Waals surface area contributed by atoms with Gasteiger partial charge >= 0.3 is 0 Å². The van der Waals surface area contributed by atoms with E-state index in [4.69, 9.17) is 19.9 Å². The van der Waals surface area contributed by atoms with Gasteiger partial charge in [0.2, 0.25) is 0 Å². The van der Waals surface area contributed by atoms with Gasteiger partial charge in [0, 0.05) is 55.5 Å². The minimum absolute atomic E-state index is 0.619. The van der Waals surface area contributed by atoms with E-state index in [-0.39, 0.29) is 0 Å². The minimum atomic E-state index is 0.619. The van der Waals surface area contributed by atoms with Crippen LogP contribution in [0.15, 0.2) is 206 Å². The first kappa shape index (κ1) is 35.5. The summed E-state index contributed by atoms with van der Waals surface area (Å²) in [5.41, 5.74) is 13.3. The molecule has 292 valence electrons. The first-order chi connectivity index (χ1) is 30.7. The zero-order valence-electron chi connectivity index (χ0n) is 33.8. The smallest absolute Gasteiger partial charge is 0.165 e. The van der Waals surface area contributed by atoms with Crippen LogP contribution in [0.2, 0.25) is 0 Å². The lowest BCUT2D eigenvalue weighted by molar-refractivity contribution is 1.07. The molecule has 12 aromatic rings. The van der Waals surface area contributed by atoms with Crippen molar-refractivity contribution in [2.45, 2.75) is 6.92 Å². The number of nitrogens with zero attached hydrogens (tertiary/aromatic N) is 7. The first-order valence-corrected chi connectivity index (χ1v) is 20.8. The first-order valence-electron chi connectivity index (χ1n) is 20.8. The van der Waals surface area contributed by atoms with Gasteiger partial charge in [0.05, 0.1) is 16.6 Å². The Hall–Kier alpha value is -8.42. The number of fused-ring (bicyclic) bond motifs is 6.